The number of rotatable bonds is 18. The van der Waals surface area contributed by atoms with Gasteiger partial charge in [0.1, 0.15) is 19.0 Å². The molecule has 2 aliphatic heterocycles. The fourth-order valence-electron chi connectivity index (χ4n) is 15.0. The number of aryl methyl sites for hydroxylation is 3. The number of benzene rings is 9. The first kappa shape index (κ1) is 60.3. The first-order valence-corrected chi connectivity index (χ1v) is 36.7. The van der Waals surface area contributed by atoms with Crippen LogP contribution < -0.4 is 51.0 Å². The van der Waals surface area contributed by atoms with E-state index in [1.165, 1.54) is 25.9 Å². The van der Waals surface area contributed by atoms with Gasteiger partial charge in [0.25, 0.3) is 0 Å². The summed E-state index contributed by atoms with van der Waals surface area (Å²) in [5.74, 6) is 0.569. The minimum atomic E-state index is -3.07. The van der Waals surface area contributed by atoms with E-state index in [4.69, 9.17) is 14.5 Å². The summed E-state index contributed by atoms with van der Waals surface area (Å²) in [6.07, 6.45) is 12.7. The summed E-state index contributed by atoms with van der Waals surface area (Å²) in [5, 5.41) is 9.38. The summed E-state index contributed by atoms with van der Waals surface area (Å²) >= 11 is 0. The molecule has 0 saturated heterocycles. The molecule has 0 atom stereocenters. The van der Waals surface area contributed by atoms with Crippen molar-refractivity contribution in [2.75, 3.05) is 0 Å². The maximum absolute atomic E-state index is 15.2. The van der Waals surface area contributed by atoms with Crippen molar-refractivity contribution in [1.29, 1.82) is 0 Å². The molecule has 97 heavy (non-hydrogen) atoms. The van der Waals surface area contributed by atoms with Crippen LogP contribution in [0.3, 0.4) is 0 Å². The van der Waals surface area contributed by atoms with E-state index in [9.17, 15) is 0 Å². The number of ketones is 2. The Morgan fingerprint density at radius 3 is 1.23 bits per heavy atom. The largest absolute Gasteiger partial charge is 0.489 e. The van der Waals surface area contributed by atoms with E-state index in [0.717, 1.165) is 106 Å². The molecule has 13 nitrogen and oxygen atoms in total. The van der Waals surface area contributed by atoms with E-state index in [-0.39, 0.29) is 31.2 Å². The van der Waals surface area contributed by atoms with Gasteiger partial charge < -0.3 is 27.7 Å². The molecular formula is C82H67N9O4Si2. The molecule has 0 radical (unpaired) electrons. The highest BCUT2D eigenvalue weighted by Crippen LogP contribution is 2.37. The van der Waals surface area contributed by atoms with Crippen molar-refractivity contribution in [3.63, 3.8) is 0 Å². The van der Waals surface area contributed by atoms with Gasteiger partial charge in [-0.1, -0.05) is 164 Å². The maximum atomic E-state index is 15.2. The Morgan fingerprint density at radius 1 is 0.392 bits per heavy atom. The monoisotopic (exact) mass is 1300 g/mol. The van der Waals surface area contributed by atoms with E-state index in [2.05, 4.69) is 224 Å². The average molecular weight is 1300 g/mol. The fourth-order valence-corrected chi connectivity index (χ4v) is 25.2. The van der Waals surface area contributed by atoms with Gasteiger partial charge in [-0.15, -0.1) is 0 Å². The van der Waals surface area contributed by atoms with Crippen LogP contribution in [0.4, 0.5) is 0 Å². The van der Waals surface area contributed by atoms with Crippen LogP contribution in [0.1, 0.15) is 72.4 Å². The molecule has 0 N–H and O–H groups in total. The number of imidazole rings is 4. The van der Waals surface area contributed by atoms with Crippen LogP contribution in [0.5, 0.6) is 11.6 Å². The summed E-state index contributed by atoms with van der Waals surface area (Å²) in [6, 6.07) is 76.1. The third-order valence-corrected chi connectivity index (χ3v) is 30.0. The van der Waals surface area contributed by atoms with Crippen molar-refractivity contribution < 1.29 is 19.1 Å². The smallest absolute Gasteiger partial charge is 0.214 e. The zero-order valence-electron chi connectivity index (χ0n) is 54.6. The molecule has 0 spiro atoms. The molecular weight excluding hydrogens is 1230 g/mol. The van der Waals surface area contributed by atoms with Gasteiger partial charge in [-0.2, -0.15) is 0 Å². The van der Waals surface area contributed by atoms with Gasteiger partial charge in [0.15, 0.2) is 27.7 Å². The Hall–Kier alpha value is -11.7. The summed E-state index contributed by atoms with van der Waals surface area (Å²) in [4.78, 5) is 53.9. The van der Waals surface area contributed by atoms with Crippen molar-refractivity contribution >= 4 is 69.2 Å². The molecule has 16 rings (SSSR count). The molecule has 0 saturated carbocycles. The van der Waals surface area contributed by atoms with Gasteiger partial charge in [0.05, 0.1) is 71.6 Å². The number of hydrogen-bond donors (Lipinski definition) is 0. The molecule has 5 aromatic heterocycles. The summed E-state index contributed by atoms with van der Waals surface area (Å²) in [5.41, 5.74) is 16.3. The minimum Gasteiger partial charge on any atom is -0.489 e. The van der Waals surface area contributed by atoms with Crippen LogP contribution in [0, 0.1) is 41.5 Å². The van der Waals surface area contributed by atoms with Crippen LogP contribution in [0.25, 0.3) is 45.0 Å². The Labute approximate surface area is 564 Å². The number of carbonyl (C=O) groups excluding carboxylic acids is 2. The van der Waals surface area contributed by atoms with Gasteiger partial charge in [-0.3, -0.25) is 9.59 Å². The maximum Gasteiger partial charge on any atom is 0.214 e. The Morgan fingerprint density at radius 2 is 0.794 bits per heavy atom. The van der Waals surface area contributed by atoms with Gasteiger partial charge in [-0.05, 0) is 154 Å². The number of carbonyl (C=O) groups is 2. The molecule has 14 aromatic rings. The molecule has 7 heterocycles. The quantitative estimate of drug-likeness (QED) is 0.0467. The van der Waals surface area contributed by atoms with Gasteiger partial charge in [-0.25, -0.2) is 24.9 Å². The highest BCUT2D eigenvalue weighted by molar-refractivity contribution is 7.23. The highest BCUT2D eigenvalue weighted by atomic mass is 28.3. The van der Waals surface area contributed by atoms with E-state index in [1.807, 2.05) is 105 Å². The summed E-state index contributed by atoms with van der Waals surface area (Å²) in [7, 11) is -6.09. The van der Waals surface area contributed by atoms with Crippen molar-refractivity contribution in [3.8, 4) is 56.6 Å². The van der Waals surface area contributed by atoms with E-state index in [0.29, 0.717) is 22.8 Å². The van der Waals surface area contributed by atoms with Crippen LogP contribution >= 0.6 is 0 Å². The highest BCUT2D eigenvalue weighted by Gasteiger charge is 2.51. The lowest BCUT2D eigenvalue weighted by atomic mass is 9.96. The third kappa shape index (κ3) is 9.90. The molecule has 15 heteroatoms. The van der Waals surface area contributed by atoms with E-state index < -0.39 is 16.1 Å². The molecule has 0 unspecified atom stereocenters. The molecule has 472 valence electrons. The predicted molar refractivity (Wildman–Crippen MR) is 388 cm³/mol. The van der Waals surface area contributed by atoms with Crippen molar-refractivity contribution in [2.45, 2.75) is 61.2 Å². The number of fused-ring (bicyclic) bond motifs is 6. The lowest BCUT2D eigenvalue weighted by molar-refractivity contribution is 0.0894. The molecule has 0 bridgehead atoms. The van der Waals surface area contributed by atoms with Crippen LogP contribution in [-0.2, 0) is 13.2 Å². The predicted octanol–water partition coefficient (Wildman–Crippen LogP) is 11.0. The molecule has 0 amide bonds. The zero-order valence-corrected chi connectivity index (χ0v) is 56.6. The molecule has 2 aliphatic rings. The van der Waals surface area contributed by atoms with Gasteiger partial charge >= 0.3 is 0 Å². The van der Waals surface area contributed by atoms with E-state index >= 15 is 9.59 Å². The second kappa shape index (κ2) is 24.3. The normalized spacial score (nSPS) is 13.0. The second-order valence-electron chi connectivity index (χ2n) is 25.2. The number of ether oxygens (including phenoxy) is 2. The first-order chi connectivity index (χ1) is 47.4. The van der Waals surface area contributed by atoms with Gasteiger partial charge in [0, 0.05) is 64.0 Å². The summed E-state index contributed by atoms with van der Waals surface area (Å²) < 4.78 is 22.2. The fraction of sp³-hybridized carbons (Fsp3) is 0.110. The van der Waals surface area contributed by atoms with E-state index in [1.54, 1.807) is 12.5 Å². The van der Waals surface area contributed by atoms with Crippen molar-refractivity contribution in [3.05, 3.63) is 319 Å². The Balaban J connectivity index is 0.770. The topological polar surface area (TPSA) is 137 Å². The average Bonchev–Trinajstić information content (AvgIpc) is 1.55. The Kier molecular flexibility index (Phi) is 15.1. The summed E-state index contributed by atoms with van der Waals surface area (Å²) in [6.45, 7) is 12.7. The number of aromatic nitrogens is 9. The number of nitrogens with zero attached hydrogens (tertiary/aromatic N) is 9. The van der Waals surface area contributed by atoms with Crippen LogP contribution in [-0.4, -0.2) is 70.9 Å². The molecule has 0 aliphatic carbocycles. The first-order valence-electron chi connectivity index (χ1n) is 32.7. The van der Waals surface area contributed by atoms with Crippen LogP contribution in [0.15, 0.2) is 262 Å². The number of pyridine rings is 1. The SMILES string of the molecule is Cc1ncn(-c2cccc(-n3ccnc3)c2COc2cc3c(cn2)[Si](c2ccccc2)(c2ccccc2)c2ccc(C(=O)CC(=O)c4ccc5c(c4)-c4cc(OCc6c(-n7cnc(C)c7C)cccc6-n6cnc(C)c6C)ccc4[Si]5(c4ccccc4)c4ccccc4)cc2-3)c1C. The number of Topliss-reactive ketones (excluding diaryl/α,β-unsaturated/α-hetero) is 2. The minimum absolute atomic E-state index is 0.181. The standard InChI is InChI=1S/C82H67N9O4Si2/c1-53-56(4)89(50-85-53)73-30-19-29-72(88-40-39-83-49-88)70(73)48-95-82-44-69-67-42-60(34-37-79(67)97(81(69)46-84-82,64-25-15-9-16-26-64)65-27-17-10-18-28-65)77(93)45-76(92)59-33-36-78-66(41-59)68-43-61(35-38-80(68)96(78,62-21-11-7-12-22-62)63-23-13-8-14-24-63)94-47-71-74(90-51-86-54(2)57(90)5)31-20-32-75(71)91-52-87-55(3)58(91)6/h7-44,46,49-52H,45,47-48H2,1-6H3. The molecule has 0 fully saturated rings. The number of hydrogen-bond acceptors (Lipinski definition) is 9. The third-order valence-electron chi connectivity index (χ3n) is 20.2. The van der Waals surface area contributed by atoms with Crippen molar-refractivity contribution in [2.24, 2.45) is 0 Å². The lowest BCUT2D eigenvalue weighted by Crippen LogP contribution is -2.72. The van der Waals surface area contributed by atoms with Crippen LogP contribution in [0.2, 0.25) is 0 Å². The zero-order chi connectivity index (χ0) is 66.1. The lowest BCUT2D eigenvalue weighted by Gasteiger charge is -2.31. The second-order valence-corrected chi connectivity index (χ2v) is 32.7. The van der Waals surface area contributed by atoms with Gasteiger partial charge in [0.2, 0.25) is 5.88 Å². The van der Waals surface area contributed by atoms with Crippen molar-refractivity contribution in [1.82, 2.24) is 43.2 Å². The Bertz CT molecular complexity index is 5250. The molecule has 9 aromatic carbocycles.